The van der Waals surface area contributed by atoms with Crippen LogP contribution in [0.15, 0.2) is 53.4 Å². The van der Waals surface area contributed by atoms with E-state index in [9.17, 15) is 0 Å². The first-order valence-electron chi connectivity index (χ1n) is 7.07. The van der Waals surface area contributed by atoms with Crippen LogP contribution in [0, 0.1) is 13.8 Å². The van der Waals surface area contributed by atoms with E-state index in [1.807, 2.05) is 18.8 Å². The maximum atomic E-state index is 3.45. The number of aryl methyl sites for hydroxylation is 2. The molecule has 106 valence electrons. The number of thioether (sulfide) groups is 1. The summed E-state index contributed by atoms with van der Waals surface area (Å²) in [6.07, 6.45) is 0. The molecule has 1 nitrogen and oxygen atoms in total. The van der Waals surface area contributed by atoms with Gasteiger partial charge in [0.15, 0.2) is 0 Å². The maximum Gasteiger partial charge on any atom is 0.0438 e. The fraction of sp³-hybridized carbons (Fsp3) is 0.333. The fourth-order valence-electron chi connectivity index (χ4n) is 2.35. The summed E-state index contributed by atoms with van der Waals surface area (Å²) in [5.74, 6) is 0. The van der Waals surface area contributed by atoms with Crippen LogP contribution in [0.5, 0.6) is 0 Å². The molecule has 2 aromatic rings. The highest BCUT2D eigenvalue weighted by molar-refractivity contribution is 8.00. The quantitative estimate of drug-likeness (QED) is 0.796. The standard InChI is InChI=1S/C18H23NS/c1-13-5-9-16(10-6-13)18(19-4)15(3)20-17-11-7-14(2)8-12-17/h5-12,15,18-19H,1-4H3. The predicted octanol–water partition coefficient (Wildman–Crippen LogP) is 4.74. The van der Waals surface area contributed by atoms with Crippen molar-refractivity contribution in [1.82, 2.24) is 5.32 Å². The molecule has 0 amide bonds. The molecule has 0 heterocycles. The lowest BCUT2D eigenvalue weighted by Crippen LogP contribution is -2.25. The molecule has 2 heteroatoms. The topological polar surface area (TPSA) is 12.0 Å². The monoisotopic (exact) mass is 285 g/mol. The van der Waals surface area contributed by atoms with Crippen LogP contribution in [0.4, 0.5) is 0 Å². The SMILES string of the molecule is CNC(c1ccc(C)cc1)C(C)Sc1ccc(C)cc1. The van der Waals surface area contributed by atoms with E-state index in [1.165, 1.54) is 21.6 Å². The van der Waals surface area contributed by atoms with Crippen molar-refractivity contribution in [3.63, 3.8) is 0 Å². The van der Waals surface area contributed by atoms with Crippen molar-refractivity contribution in [3.8, 4) is 0 Å². The van der Waals surface area contributed by atoms with Gasteiger partial charge in [-0.15, -0.1) is 11.8 Å². The zero-order valence-electron chi connectivity index (χ0n) is 12.7. The first-order chi connectivity index (χ1) is 9.60. The highest BCUT2D eigenvalue weighted by Gasteiger charge is 2.18. The second kappa shape index (κ2) is 6.96. The minimum absolute atomic E-state index is 0.363. The van der Waals surface area contributed by atoms with Crippen LogP contribution in [0.1, 0.15) is 29.7 Å². The van der Waals surface area contributed by atoms with Gasteiger partial charge >= 0.3 is 0 Å². The van der Waals surface area contributed by atoms with Gasteiger partial charge in [-0.1, -0.05) is 54.4 Å². The molecule has 1 N–H and O–H groups in total. The van der Waals surface area contributed by atoms with Crippen molar-refractivity contribution in [2.24, 2.45) is 0 Å². The molecule has 2 rings (SSSR count). The van der Waals surface area contributed by atoms with E-state index in [2.05, 4.69) is 74.6 Å². The van der Waals surface area contributed by atoms with Gasteiger partial charge < -0.3 is 5.32 Å². The van der Waals surface area contributed by atoms with Crippen molar-refractivity contribution in [1.29, 1.82) is 0 Å². The van der Waals surface area contributed by atoms with Crippen LogP contribution in [0.2, 0.25) is 0 Å². The van der Waals surface area contributed by atoms with E-state index in [0.29, 0.717) is 11.3 Å². The summed E-state index contributed by atoms with van der Waals surface area (Å²) in [6.45, 7) is 6.54. The Morgan fingerprint density at radius 2 is 1.35 bits per heavy atom. The van der Waals surface area contributed by atoms with Crippen molar-refractivity contribution in [3.05, 3.63) is 65.2 Å². The minimum atomic E-state index is 0.363. The molecule has 0 aliphatic carbocycles. The third kappa shape index (κ3) is 3.87. The largest absolute Gasteiger partial charge is 0.312 e. The van der Waals surface area contributed by atoms with Gasteiger partial charge in [0.2, 0.25) is 0 Å². The van der Waals surface area contributed by atoms with Crippen LogP contribution in [-0.2, 0) is 0 Å². The van der Waals surface area contributed by atoms with Gasteiger partial charge in [0.1, 0.15) is 0 Å². The molecule has 2 aromatic carbocycles. The fourth-order valence-corrected chi connectivity index (χ4v) is 3.50. The Morgan fingerprint density at radius 1 is 0.850 bits per heavy atom. The number of rotatable bonds is 5. The second-order valence-electron chi connectivity index (χ2n) is 5.31. The van der Waals surface area contributed by atoms with E-state index in [0.717, 1.165) is 0 Å². The summed E-state index contributed by atoms with van der Waals surface area (Å²) in [6, 6.07) is 17.9. The van der Waals surface area contributed by atoms with E-state index in [1.54, 1.807) is 0 Å². The lowest BCUT2D eigenvalue weighted by Gasteiger charge is -2.24. The molecule has 0 bridgehead atoms. The Hall–Kier alpha value is -1.25. The summed E-state index contributed by atoms with van der Waals surface area (Å²) in [7, 11) is 2.04. The Balaban J connectivity index is 2.10. The van der Waals surface area contributed by atoms with Crippen LogP contribution in [0.25, 0.3) is 0 Å². The zero-order chi connectivity index (χ0) is 14.5. The van der Waals surface area contributed by atoms with E-state index in [4.69, 9.17) is 0 Å². The van der Waals surface area contributed by atoms with Crippen LogP contribution < -0.4 is 5.32 Å². The molecule has 0 saturated carbocycles. The van der Waals surface area contributed by atoms with Crippen molar-refractivity contribution >= 4 is 11.8 Å². The first-order valence-corrected chi connectivity index (χ1v) is 7.95. The predicted molar refractivity (Wildman–Crippen MR) is 89.5 cm³/mol. The Kier molecular flexibility index (Phi) is 5.27. The average molecular weight is 285 g/mol. The second-order valence-corrected chi connectivity index (χ2v) is 6.76. The summed E-state index contributed by atoms with van der Waals surface area (Å²) in [4.78, 5) is 1.33. The lowest BCUT2D eigenvalue weighted by atomic mass is 10.0. The molecule has 2 atom stereocenters. The van der Waals surface area contributed by atoms with Crippen molar-refractivity contribution < 1.29 is 0 Å². The summed E-state index contributed by atoms with van der Waals surface area (Å²) in [5, 5.41) is 3.93. The smallest absolute Gasteiger partial charge is 0.0438 e. The van der Waals surface area contributed by atoms with E-state index < -0.39 is 0 Å². The highest BCUT2D eigenvalue weighted by atomic mass is 32.2. The van der Waals surface area contributed by atoms with Gasteiger partial charge in [-0.25, -0.2) is 0 Å². The number of hydrogen-bond acceptors (Lipinski definition) is 2. The third-order valence-electron chi connectivity index (χ3n) is 3.56. The lowest BCUT2D eigenvalue weighted by molar-refractivity contribution is 0.589. The summed E-state index contributed by atoms with van der Waals surface area (Å²) < 4.78 is 0. The van der Waals surface area contributed by atoms with E-state index >= 15 is 0 Å². The van der Waals surface area contributed by atoms with Crippen LogP contribution in [0.3, 0.4) is 0 Å². The zero-order valence-corrected chi connectivity index (χ0v) is 13.5. The molecule has 0 aliphatic rings. The molecule has 0 fully saturated rings. The molecule has 0 aromatic heterocycles. The molecular formula is C18H23NS. The maximum absolute atomic E-state index is 3.45. The Bertz CT molecular complexity index is 530. The first kappa shape index (κ1) is 15.1. The average Bonchev–Trinajstić information content (AvgIpc) is 2.44. The molecule has 0 radical (unpaired) electrons. The molecule has 2 unspecified atom stereocenters. The highest BCUT2D eigenvalue weighted by Crippen LogP contribution is 2.32. The number of nitrogens with one attached hydrogen (secondary N) is 1. The summed E-state index contributed by atoms with van der Waals surface area (Å²) >= 11 is 1.92. The van der Waals surface area contributed by atoms with Crippen molar-refractivity contribution in [2.75, 3.05) is 7.05 Å². The summed E-state index contributed by atoms with van der Waals surface area (Å²) in [5.41, 5.74) is 3.97. The third-order valence-corrected chi connectivity index (χ3v) is 4.75. The normalized spacial score (nSPS) is 14.0. The molecule has 0 spiro atoms. The van der Waals surface area contributed by atoms with E-state index in [-0.39, 0.29) is 0 Å². The molecule has 20 heavy (non-hydrogen) atoms. The number of benzene rings is 2. The molecular weight excluding hydrogens is 262 g/mol. The minimum Gasteiger partial charge on any atom is -0.312 e. The van der Waals surface area contributed by atoms with Gasteiger partial charge in [-0.3, -0.25) is 0 Å². The van der Waals surface area contributed by atoms with Gasteiger partial charge in [-0.2, -0.15) is 0 Å². The van der Waals surface area contributed by atoms with Gasteiger partial charge in [0.05, 0.1) is 0 Å². The van der Waals surface area contributed by atoms with Gasteiger partial charge in [0.25, 0.3) is 0 Å². The van der Waals surface area contributed by atoms with Crippen LogP contribution in [-0.4, -0.2) is 12.3 Å². The van der Waals surface area contributed by atoms with Crippen LogP contribution >= 0.6 is 11.8 Å². The van der Waals surface area contributed by atoms with Gasteiger partial charge in [0, 0.05) is 16.2 Å². The Morgan fingerprint density at radius 3 is 1.85 bits per heavy atom. The Labute approximate surface area is 126 Å². The molecule has 0 aliphatic heterocycles. The number of hydrogen-bond donors (Lipinski definition) is 1. The van der Waals surface area contributed by atoms with Gasteiger partial charge in [-0.05, 0) is 38.6 Å². The molecule has 0 saturated heterocycles. The van der Waals surface area contributed by atoms with Crippen molar-refractivity contribution in [2.45, 2.75) is 37.0 Å².